The van der Waals surface area contributed by atoms with Crippen molar-refractivity contribution in [3.05, 3.63) is 57.6 Å². The van der Waals surface area contributed by atoms with E-state index in [0.29, 0.717) is 27.9 Å². The summed E-state index contributed by atoms with van der Waals surface area (Å²) in [5.74, 6) is 0.965. The molecule has 1 atom stereocenters. The lowest BCUT2D eigenvalue weighted by molar-refractivity contribution is 0.0938. The van der Waals surface area contributed by atoms with Gasteiger partial charge >= 0.3 is 0 Å². The van der Waals surface area contributed by atoms with Crippen LogP contribution in [-0.2, 0) is 0 Å². The number of carbonyl (C=O) groups excluding carboxylic acids is 1. The van der Waals surface area contributed by atoms with E-state index in [-0.39, 0.29) is 11.9 Å². The van der Waals surface area contributed by atoms with Gasteiger partial charge in [0.05, 0.1) is 30.3 Å². The number of benzene rings is 2. The molecule has 0 saturated carbocycles. The lowest BCUT2D eigenvalue weighted by Crippen LogP contribution is -2.36. The van der Waals surface area contributed by atoms with Crippen LogP contribution < -0.4 is 14.8 Å². The molecule has 1 N–H and O–H groups in total. The zero-order chi connectivity index (χ0) is 20.1. The van der Waals surface area contributed by atoms with E-state index in [1.807, 2.05) is 12.1 Å². The van der Waals surface area contributed by atoms with Crippen LogP contribution in [0.3, 0.4) is 0 Å². The molecule has 0 bridgehead atoms. The van der Waals surface area contributed by atoms with Gasteiger partial charge in [-0.25, -0.2) is 0 Å². The number of amides is 1. The van der Waals surface area contributed by atoms with Crippen LogP contribution in [0.25, 0.3) is 0 Å². The average molecular weight is 423 g/mol. The van der Waals surface area contributed by atoms with E-state index in [1.54, 1.807) is 19.2 Å². The monoisotopic (exact) mass is 422 g/mol. The molecule has 1 saturated heterocycles. The minimum atomic E-state index is -0.218. The number of hydrogen-bond donors (Lipinski definition) is 1. The Bertz CT molecular complexity index is 798. The molecule has 2 aromatic carbocycles. The third-order valence-corrected chi connectivity index (χ3v) is 5.56. The van der Waals surface area contributed by atoms with E-state index in [2.05, 4.69) is 22.3 Å². The van der Waals surface area contributed by atoms with Crippen LogP contribution in [-0.4, -0.2) is 44.7 Å². The second kappa shape index (κ2) is 9.50. The quantitative estimate of drug-likeness (QED) is 0.709. The Balaban J connectivity index is 1.75. The maximum atomic E-state index is 12.7. The summed E-state index contributed by atoms with van der Waals surface area (Å²) in [6, 6.07) is 11.2. The SMILES string of the molecule is COc1ccc(C(CNC(=O)c2cc(Cl)c(OC)c(Cl)c2)N2CCCC2)cc1. The lowest BCUT2D eigenvalue weighted by atomic mass is 10.0. The molecule has 28 heavy (non-hydrogen) atoms. The van der Waals surface area contributed by atoms with Gasteiger partial charge in [-0.1, -0.05) is 35.3 Å². The molecule has 1 unspecified atom stereocenters. The normalized spacial score (nSPS) is 15.3. The van der Waals surface area contributed by atoms with Crippen LogP contribution in [0, 0.1) is 0 Å². The summed E-state index contributed by atoms with van der Waals surface area (Å²) in [6.45, 7) is 2.53. The fraction of sp³-hybridized carbons (Fsp3) is 0.381. The first-order valence-corrected chi connectivity index (χ1v) is 9.98. The summed E-state index contributed by atoms with van der Waals surface area (Å²) in [5, 5.41) is 3.65. The second-order valence-electron chi connectivity index (χ2n) is 6.72. The fourth-order valence-corrected chi connectivity index (χ4v) is 4.16. The Hall–Kier alpha value is -1.95. The van der Waals surface area contributed by atoms with Gasteiger partial charge in [-0.3, -0.25) is 9.69 Å². The molecule has 1 amide bonds. The maximum Gasteiger partial charge on any atom is 0.251 e. The average Bonchev–Trinajstić information content (AvgIpc) is 3.22. The first-order chi connectivity index (χ1) is 13.5. The molecule has 3 rings (SSSR count). The van der Waals surface area contributed by atoms with Crippen molar-refractivity contribution in [3.63, 3.8) is 0 Å². The third kappa shape index (κ3) is 4.72. The third-order valence-electron chi connectivity index (χ3n) is 5.00. The van der Waals surface area contributed by atoms with E-state index in [0.717, 1.165) is 24.4 Å². The van der Waals surface area contributed by atoms with Gasteiger partial charge in [0.25, 0.3) is 5.91 Å². The van der Waals surface area contributed by atoms with Crippen LogP contribution in [0.4, 0.5) is 0 Å². The molecule has 1 fully saturated rings. The Kier molecular flexibility index (Phi) is 7.05. The van der Waals surface area contributed by atoms with Gasteiger partial charge in [0.15, 0.2) is 5.75 Å². The zero-order valence-electron chi connectivity index (χ0n) is 16.0. The first kappa shape index (κ1) is 20.8. The molecule has 5 nitrogen and oxygen atoms in total. The molecule has 1 aliphatic rings. The topological polar surface area (TPSA) is 50.8 Å². The van der Waals surface area contributed by atoms with E-state index in [9.17, 15) is 4.79 Å². The Morgan fingerprint density at radius 2 is 1.68 bits per heavy atom. The summed E-state index contributed by atoms with van der Waals surface area (Å²) < 4.78 is 10.4. The van der Waals surface area contributed by atoms with Crippen molar-refractivity contribution in [1.82, 2.24) is 10.2 Å². The molecular formula is C21H24Cl2N2O3. The molecule has 2 aromatic rings. The first-order valence-electron chi connectivity index (χ1n) is 9.22. The molecule has 1 aliphatic heterocycles. The van der Waals surface area contributed by atoms with Gasteiger partial charge < -0.3 is 14.8 Å². The van der Waals surface area contributed by atoms with Crippen molar-refractivity contribution in [1.29, 1.82) is 0 Å². The number of hydrogen-bond acceptors (Lipinski definition) is 4. The highest BCUT2D eigenvalue weighted by molar-refractivity contribution is 6.37. The van der Waals surface area contributed by atoms with Crippen molar-refractivity contribution >= 4 is 29.1 Å². The maximum absolute atomic E-state index is 12.7. The summed E-state index contributed by atoms with van der Waals surface area (Å²) in [5.41, 5.74) is 1.56. The predicted molar refractivity (Wildman–Crippen MR) is 112 cm³/mol. The van der Waals surface area contributed by atoms with Gasteiger partial charge in [-0.15, -0.1) is 0 Å². The highest BCUT2D eigenvalue weighted by atomic mass is 35.5. The Labute approximate surface area is 175 Å². The Morgan fingerprint density at radius 1 is 1.07 bits per heavy atom. The van der Waals surface area contributed by atoms with Crippen LogP contribution in [0.5, 0.6) is 11.5 Å². The van der Waals surface area contributed by atoms with E-state index >= 15 is 0 Å². The minimum Gasteiger partial charge on any atom is -0.497 e. The van der Waals surface area contributed by atoms with Crippen LogP contribution in [0.2, 0.25) is 10.0 Å². The van der Waals surface area contributed by atoms with Crippen LogP contribution >= 0.6 is 23.2 Å². The number of carbonyl (C=O) groups is 1. The summed E-state index contributed by atoms with van der Waals surface area (Å²) >= 11 is 12.3. The number of halogens is 2. The van der Waals surface area contributed by atoms with E-state index in [1.165, 1.54) is 20.0 Å². The largest absolute Gasteiger partial charge is 0.497 e. The molecule has 0 spiro atoms. The Morgan fingerprint density at radius 3 is 2.21 bits per heavy atom. The molecule has 150 valence electrons. The minimum absolute atomic E-state index is 0.0987. The van der Waals surface area contributed by atoms with Crippen molar-refractivity contribution in [2.24, 2.45) is 0 Å². The summed E-state index contributed by atoms with van der Waals surface area (Å²) in [7, 11) is 3.14. The van der Waals surface area contributed by atoms with Crippen LogP contribution in [0.1, 0.15) is 34.8 Å². The fourth-order valence-electron chi connectivity index (χ4n) is 3.51. The number of nitrogens with one attached hydrogen (secondary N) is 1. The number of methoxy groups -OCH3 is 2. The zero-order valence-corrected chi connectivity index (χ0v) is 17.5. The van der Waals surface area contributed by atoms with E-state index in [4.69, 9.17) is 32.7 Å². The molecule has 0 radical (unpaired) electrons. The highest BCUT2D eigenvalue weighted by Gasteiger charge is 2.24. The summed E-state index contributed by atoms with van der Waals surface area (Å²) in [4.78, 5) is 15.1. The van der Waals surface area contributed by atoms with Gasteiger partial charge in [0.2, 0.25) is 0 Å². The van der Waals surface area contributed by atoms with Crippen molar-refractivity contribution in [2.75, 3.05) is 33.9 Å². The molecule has 0 aromatic heterocycles. The van der Waals surface area contributed by atoms with Gasteiger partial charge in [0.1, 0.15) is 5.75 Å². The van der Waals surface area contributed by atoms with Gasteiger partial charge in [-0.2, -0.15) is 0 Å². The second-order valence-corrected chi connectivity index (χ2v) is 7.53. The number of likely N-dealkylation sites (tertiary alicyclic amines) is 1. The number of ether oxygens (including phenoxy) is 2. The van der Waals surface area contributed by atoms with Crippen molar-refractivity contribution in [2.45, 2.75) is 18.9 Å². The molecular weight excluding hydrogens is 399 g/mol. The van der Waals surface area contributed by atoms with Crippen LogP contribution in [0.15, 0.2) is 36.4 Å². The molecule has 0 aliphatic carbocycles. The van der Waals surface area contributed by atoms with Crippen molar-refractivity contribution in [3.8, 4) is 11.5 Å². The molecule has 1 heterocycles. The van der Waals surface area contributed by atoms with E-state index < -0.39 is 0 Å². The van der Waals surface area contributed by atoms with Gasteiger partial charge in [-0.05, 0) is 55.8 Å². The number of rotatable bonds is 7. The van der Waals surface area contributed by atoms with Crippen molar-refractivity contribution < 1.29 is 14.3 Å². The molecule has 7 heteroatoms. The number of nitrogens with zero attached hydrogens (tertiary/aromatic N) is 1. The predicted octanol–water partition coefficient (Wildman–Crippen LogP) is 4.58. The summed E-state index contributed by atoms with van der Waals surface area (Å²) in [6.07, 6.45) is 2.34. The smallest absolute Gasteiger partial charge is 0.251 e. The standard InChI is InChI=1S/C21H24Cl2N2O3/c1-27-16-7-5-14(6-8-16)19(25-9-3-4-10-25)13-24-21(26)15-11-17(22)20(28-2)18(23)12-15/h5-8,11-12,19H,3-4,9-10,13H2,1-2H3,(H,24,26). The van der Waals surface area contributed by atoms with Gasteiger partial charge in [0, 0.05) is 12.1 Å². The highest BCUT2D eigenvalue weighted by Crippen LogP contribution is 2.34. The lowest BCUT2D eigenvalue weighted by Gasteiger charge is -2.28.